The highest BCUT2D eigenvalue weighted by Crippen LogP contribution is 2.31. The smallest absolute Gasteiger partial charge is 0.239 e. The van der Waals surface area contributed by atoms with Gasteiger partial charge in [0.15, 0.2) is 5.82 Å². The summed E-state index contributed by atoms with van der Waals surface area (Å²) in [5.74, 6) is 1.50. The number of nitrogens with two attached hydrogens (primary N) is 1. The summed E-state index contributed by atoms with van der Waals surface area (Å²) < 4.78 is 7.50. The number of benzene rings is 1. The van der Waals surface area contributed by atoms with E-state index in [0.717, 1.165) is 22.3 Å². The Balaban J connectivity index is 0.000000785. The van der Waals surface area contributed by atoms with Gasteiger partial charge in [0.25, 0.3) is 0 Å². The Morgan fingerprint density at radius 3 is 2.48 bits per heavy atom. The number of nitrogens with one attached hydrogen (secondary N) is 1. The predicted octanol–water partition coefficient (Wildman–Crippen LogP) is 3.45. The zero-order valence-electron chi connectivity index (χ0n) is 19.4. The standard InChI is InChI=1S/C19H25N5O3.C4H10/c1-4-27-10-14-22-16-17(24(14)11-19(2,3)26)12-7-5-6-8-13(12)21-18(16)23-15(25)9-20;1-4(2)3/h5-8,26H,4,9-11,20H2,1-3H3,(H,21,23,25);4H,1-3H3. The molecule has 2 aromatic heterocycles. The van der Waals surface area contributed by atoms with Crippen LogP contribution in [-0.2, 0) is 22.7 Å². The van der Waals surface area contributed by atoms with Crippen LogP contribution >= 0.6 is 0 Å². The van der Waals surface area contributed by atoms with Gasteiger partial charge in [0.2, 0.25) is 5.91 Å². The fraction of sp³-hybridized carbons (Fsp3) is 0.522. The fourth-order valence-electron chi connectivity index (χ4n) is 3.01. The van der Waals surface area contributed by atoms with Crippen LogP contribution < -0.4 is 11.1 Å². The van der Waals surface area contributed by atoms with Gasteiger partial charge in [-0.05, 0) is 32.8 Å². The van der Waals surface area contributed by atoms with Gasteiger partial charge < -0.3 is 25.5 Å². The van der Waals surface area contributed by atoms with Crippen LogP contribution in [0.5, 0.6) is 0 Å². The maximum absolute atomic E-state index is 11.9. The van der Waals surface area contributed by atoms with Crippen LogP contribution in [0, 0.1) is 5.92 Å². The number of aromatic nitrogens is 3. The van der Waals surface area contributed by atoms with Gasteiger partial charge in [0.1, 0.15) is 17.9 Å². The second-order valence-electron chi connectivity index (χ2n) is 8.72. The predicted molar refractivity (Wildman–Crippen MR) is 125 cm³/mol. The number of hydrogen-bond acceptors (Lipinski definition) is 6. The Morgan fingerprint density at radius 1 is 1.26 bits per heavy atom. The molecule has 1 aromatic carbocycles. The minimum atomic E-state index is -0.959. The third kappa shape index (κ3) is 6.72. The third-order valence-corrected chi connectivity index (χ3v) is 4.09. The Kier molecular flexibility index (Phi) is 8.50. The molecule has 0 atom stereocenters. The van der Waals surface area contributed by atoms with Crippen LogP contribution in [0.1, 0.15) is 47.4 Å². The number of rotatable bonds is 7. The highest BCUT2D eigenvalue weighted by atomic mass is 16.5. The van der Waals surface area contributed by atoms with Crippen LogP contribution in [0.4, 0.5) is 5.82 Å². The molecule has 0 unspecified atom stereocenters. The molecule has 0 saturated heterocycles. The number of nitrogens with zero attached hydrogens (tertiary/aromatic N) is 3. The number of para-hydroxylation sites is 1. The topological polar surface area (TPSA) is 115 Å². The van der Waals surface area contributed by atoms with E-state index >= 15 is 0 Å². The molecule has 0 spiro atoms. The summed E-state index contributed by atoms with van der Waals surface area (Å²) in [6.07, 6.45) is 0. The molecule has 0 fully saturated rings. The average Bonchev–Trinajstić information content (AvgIpc) is 3.03. The summed E-state index contributed by atoms with van der Waals surface area (Å²) in [6, 6.07) is 7.63. The molecule has 1 amide bonds. The first-order valence-electron chi connectivity index (χ1n) is 10.6. The largest absolute Gasteiger partial charge is 0.389 e. The molecule has 8 heteroatoms. The maximum Gasteiger partial charge on any atom is 0.239 e. The van der Waals surface area contributed by atoms with Gasteiger partial charge in [0, 0.05) is 12.0 Å². The molecule has 2 heterocycles. The van der Waals surface area contributed by atoms with Crippen molar-refractivity contribution < 1.29 is 14.6 Å². The summed E-state index contributed by atoms with van der Waals surface area (Å²) >= 11 is 0. The number of pyridine rings is 1. The lowest BCUT2D eigenvalue weighted by Crippen LogP contribution is -2.27. The van der Waals surface area contributed by atoms with Crippen LogP contribution in [0.3, 0.4) is 0 Å². The van der Waals surface area contributed by atoms with E-state index in [1.807, 2.05) is 35.8 Å². The highest BCUT2D eigenvalue weighted by molar-refractivity contribution is 6.09. The maximum atomic E-state index is 11.9. The number of hydrogen-bond donors (Lipinski definition) is 3. The van der Waals surface area contributed by atoms with Crippen molar-refractivity contribution in [2.45, 2.75) is 60.3 Å². The van der Waals surface area contributed by atoms with E-state index in [-0.39, 0.29) is 12.5 Å². The SMILES string of the molecule is CC(C)C.CCOCc1nc2c(NC(=O)CN)nc3ccccc3c2n1CC(C)(C)O. The second-order valence-corrected chi connectivity index (χ2v) is 8.72. The molecule has 0 bridgehead atoms. The second kappa shape index (κ2) is 10.7. The first-order chi connectivity index (χ1) is 14.6. The summed E-state index contributed by atoms with van der Waals surface area (Å²) in [5, 5.41) is 14.1. The lowest BCUT2D eigenvalue weighted by molar-refractivity contribution is -0.114. The highest BCUT2D eigenvalue weighted by Gasteiger charge is 2.23. The molecular formula is C23H35N5O3. The van der Waals surface area contributed by atoms with Gasteiger partial charge in [-0.25, -0.2) is 9.97 Å². The molecule has 4 N–H and O–H groups in total. The Hall–Kier alpha value is -2.55. The van der Waals surface area contributed by atoms with Crippen molar-refractivity contribution >= 4 is 33.7 Å². The normalized spacial score (nSPS) is 11.6. The van der Waals surface area contributed by atoms with Crippen molar-refractivity contribution in [1.29, 1.82) is 0 Å². The van der Waals surface area contributed by atoms with Crippen molar-refractivity contribution in [2.75, 3.05) is 18.5 Å². The Labute approximate surface area is 183 Å². The lowest BCUT2D eigenvalue weighted by atomic mass is 10.1. The van der Waals surface area contributed by atoms with Gasteiger partial charge in [-0.1, -0.05) is 39.0 Å². The number of aliphatic hydroxyl groups is 1. The molecule has 3 aromatic rings. The van der Waals surface area contributed by atoms with Crippen molar-refractivity contribution in [1.82, 2.24) is 14.5 Å². The quantitative estimate of drug-likeness (QED) is 0.530. The average molecular weight is 430 g/mol. The van der Waals surface area contributed by atoms with Crippen LogP contribution in [0.25, 0.3) is 21.9 Å². The lowest BCUT2D eigenvalue weighted by Gasteiger charge is -2.20. The summed E-state index contributed by atoms with van der Waals surface area (Å²) in [7, 11) is 0. The van der Waals surface area contributed by atoms with E-state index in [4.69, 9.17) is 10.5 Å². The number of anilines is 1. The summed E-state index contributed by atoms with van der Waals surface area (Å²) in [6.45, 7) is 12.9. The third-order valence-electron chi connectivity index (χ3n) is 4.09. The van der Waals surface area contributed by atoms with Crippen LogP contribution in [0.2, 0.25) is 0 Å². The minimum Gasteiger partial charge on any atom is -0.389 e. The van der Waals surface area contributed by atoms with Crippen molar-refractivity contribution in [3.63, 3.8) is 0 Å². The van der Waals surface area contributed by atoms with Gasteiger partial charge in [-0.15, -0.1) is 0 Å². The molecule has 3 rings (SSSR count). The number of ether oxygens (including phenoxy) is 1. The minimum absolute atomic E-state index is 0.147. The van der Waals surface area contributed by atoms with Gasteiger partial charge in [-0.2, -0.15) is 0 Å². The first kappa shape index (κ1) is 24.7. The molecule has 8 nitrogen and oxygen atoms in total. The molecule has 31 heavy (non-hydrogen) atoms. The van der Waals surface area contributed by atoms with Crippen LogP contribution in [0.15, 0.2) is 24.3 Å². The van der Waals surface area contributed by atoms with E-state index in [1.165, 1.54) is 0 Å². The van der Waals surface area contributed by atoms with E-state index in [2.05, 4.69) is 36.1 Å². The molecule has 0 saturated carbocycles. The molecule has 0 aliphatic carbocycles. The Morgan fingerprint density at radius 2 is 1.90 bits per heavy atom. The van der Waals surface area contributed by atoms with Crippen LogP contribution in [-0.4, -0.2) is 44.3 Å². The molecule has 170 valence electrons. The number of fused-ring (bicyclic) bond motifs is 3. The summed E-state index contributed by atoms with van der Waals surface area (Å²) in [5.41, 5.74) is 6.55. The van der Waals surface area contributed by atoms with Gasteiger partial charge >= 0.3 is 0 Å². The molecule has 0 aliphatic heterocycles. The van der Waals surface area contributed by atoms with E-state index in [1.54, 1.807) is 13.8 Å². The number of carbonyl (C=O) groups is 1. The van der Waals surface area contributed by atoms with E-state index in [9.17, 15) is 9.90 Å². The van der Waals surface area contributed by atoms with Crippen molar-refractivity contribution in [3.05, 3.63) is 30.1 Å². The van der Waals surface area contributed by atoms with Gasteiger partial charge in [-0.3, -0.25) is 4.79 Å². The van der Waals surface area contributed by atoms with Crippen molar-refractivity contribution in [3.8, 4) is 0 Å². The van der Waals surface area contributed by atoms with E-state index in [0.29, 0.717) is 36.9 Å². The zero-order valence-corrected chi connectivity index (χ0v) is 19.4. The van der Waals surface area contributed by atoms with E-state index < -0.39 is 5.60 Å². The Bertz CT molecular complexity index is 1020. The first-order valence-corrected chi connectivity index (χ1v) is 10.6. The van der Waals surface area contributed by atoms with Crippen molar-refractivity contribution in [2.24, 2.45) is 11.7 Å². The molecule has 0 aliphatic rings. The number of amides is 1. The fourth-order valence-corrected chi connectivity index (χ4v) is 3.01. The number of imidazole rings is 1. The summed E-state index contributed by atoms with van der Waals surface area (Å²) in [4.78, 5) is 21.1. The monoisotopic (exact) mass is 429 g/mol. The molecular weight excluding hydrogens is 394 g/mol. The van der Waals surface area contributed by atoms with Gasteiger partial charge in [0.05, 0.1) is 29.7 Å². The number of carbonyl (C=O) groups excluding carboxylic acids is 1. The molecule has 0 radical (unpaired) electrons. The zero-order chi connectivity index (χ0) is 23.2.